The Bertz CT molecular complexity index is 1300. The summed E-state index contributed by atoms with van der Waals surface area (Å²) in [5, 5.41) is 2.96. The van der Waals surface area contributed by atoms with Crippen molar-refractivity contribution in [1.29, 1.82) is 0 Å². The molecule has 3 aromatic rings. The molecule has 0 saturated heterocycles. The minimum atomic E-state index is -0.538. The Morgan fingerprint density at radius 2 is 2.03 bits per heavy atom. The summed E-state index contributed by atoms with van der Waals surface area (Å²) in [4.78, 5) is 15.5. The maximum atomic E-state index is 15.6. The first-order chi connectivity index (χ1) is 17.4. The van der Waals surface area contributed by atoms with Crippen molar-refractivity contribution in [3.8, 4) is 22.8 Å². The van der Waals surface area contributed by atoms with Crippen LogP contribution in [0.4, 0.5) is 15.9 Å². The summed E-state index contributed by atoms with van der Waals surface area (Å²) in [5.41, 5.74) is 2.71. The van der Waals surface area contributed by atoms with Crippen molar-refractivity contribution in [1.82, 2.24) is 24.8 Å². The molecule has 0 aliphatic rings. The second kappa shape index (κ2) is 12.3. The highest BCUT2D eigenvalue weighted by Crippen LogP contribution is 2.36. The van der Waals surface area contributed by atoms with Crippen LogP contribution in [0.5, 0.6) is 11.5 Å². The molecule has 2 aromatic heterocycles. The van der Waals surface area contributed by atoms with Crippen molar-refractivity contribution in [3.63, 3.8) is 0 Å². The van der Waals surface area contributed by atoms with E-state index in [1.54, 1.807) is 54.8 Å². The molecule has 1 aromatic carbocycles. The molecule has 0 aliphatic heterocycles. The molecule has 0 unspecified atom stereocenters. The van der Waals surface area contributed by atoms with Crippen LogP contribution in [0.15, 0.2) is 79.7 Å². The van der Waals surface area contributed by atoms with Gasteiger partial charge in [0.25, 0.3) is 0 Å². The lowest BCUT2D eigenvalue weighted by atomic mass is 10.2. The summed E-state index contributed by atoms with van der Waals surface area (Å²) in [5.74, 6) is 0.908. The molecule has 188 valence electrons. The average Bonchev–Trinajstić information content (AvgIpc) is 3.31. The van der Waals surface area contributed by atoms with Crippen LogP contribution in [-0.2, 0) is 7.05 Å². The van der Waals surface area contributed by atoms with Crippen LogP contribution in [0, 0.1) is 12.7 Å². The molecule has 0 radical (unpaired) electrons. The maximum Gasteiger partial charge on any atom is 0.188 e. The van der Waals surface area contributed by atoms with Crippen LogP contribution >= 0.6 is 0 Å². The normalized spacial score (nSPS) is 10.9. The molecule has 0 bridgehead atoms. The van der Waals surface area contributed by atoms with E-state index in [1.165, 1.54) is 20.3 Å². The van der Waals surface area contributed by atoms with Gasteiger partial charge in [-0.25, -0.2) is 14.4 Å². The zero-order valence-electron chi connectivity index (χ0n) is 21.2. The van der Waals surface area contributed by atoms with Gasteiger partial charge in [-0.05, 0) is 43.8 Å². The Hall–Kier alpha value is -4.40. The fourth-order valence-corrected chi connectivity index (χ4v) is 3.48. The Morgan fingerprint density at radius 1 is 1.22 bits per heavy atom. The van der Waals surface area contributed by atoms with E-state index in [9.17, 15) is 0 Å². The number of aromatic nitrogens is 4. The van der Waals surface area contributed by atoms with Crippen LogP contribution in [0.25, 0.3) is 11.3 Å². The fraction of sp³-hybridized carbons (Fsp3) is 0.222. The first kappa shape index (κ1) is 26.2. The zero-order chi connectivity index (χ0) is 26.1. The summed E-state index contributed by atoms with van der Waals surface area (Å²) < 4.78 is 28.2. The highest BCUT2D eigenvalue weighted by molar-refractivity contribution is 5.66. The highest BCUT2D eigenvalue weighted by atomic mass is 19.1. The van der Waals surface area contributed by atoms with E-state index in [0.717, 1.165) is 11.1 Å². The number of halogens is 1. The predicted octanol–water partition coefficient (Wildman–Crippen LogP) is 5.24. The maximum absolute atomic E-state index is 15.6. The minimum absolute atomic E-state index is 0.0610. The van der Waals surface area contributed by atoms with Gasteiger partial charge in [-0.2, -0.15) is 0 Å². The van der Waals surface area contributed by atoms with Gasteiger partial charge in [0.2, 0.25) is 0 Å². The molecule has 0 amide bonds. The molecule has 0 spiro atoms. The molecule has 8 nitrogen and oxygen atoms in total. The van der Waals surface area contributed by atoms with Gasteiger partial charge in [-0.1, -0.05) is 6.58 Å². The van der Waals surface area contributed by atoms with Gasteiger partial charge in [-0.15, -0.1) is 0 Å². The lowest BCUT2D eigenvalue weighted by molar-refractivity contribution is 0.374. The molecule has 36 heavy (non-hydrogen) atoms. The van der Waals surface area contributed by atoms with Crippen molar-refractivity contribution in [2.45, 2.75) is 13.8 Å². The summed E-state index contributed by atoms with van der Waals surface area (Å²) in [7, 11) is 4.87. The van der Waals surface area contributed by atoms with Gasteiger partial charge in [0, 0.05) is 56.1 Å². The first-order valence-electron chi connectivity index (χ1n) is 11.2. The molecule has 0 atom stereocenters. The van der Waals surface area contributed by atoms with Gasteiger partial charge in [-0.3, -0.25) is 4.98 Å². The van der Waals surface area contributed by atoms with Gasteiger partial charge in [0.05, 0.1) is 31.8 Å². The summed E-state index contributed by atoms with van der Waals surface area (Å²) in [6, 6.07) is 8.57. The van der Waals surface area contributed by atoms with Crippen molar-refractivity contribution in [3.05, 3.63) is 91.3 Å². The standard InChI is InChI=1S/C27H31FN6O2/c1-7-29-15-19(2)17-34(24-13-22(35-5)14-25(36-6)27(24)28)26-9-8-11-30-16-23(31-20(3)32-26)21-10-12-33(4)18-21/h7-16,18,29H,1,17H2,2-6H3/b9-8?,11-8?,19-15+,23-16?,26-9?,30-11?,30-16?,31-20?,31-23?,32-20?,32-26?. The van der Waals surface area contributed by atoms with E-state index in [4.69, 9.17) is 14.5 Å². The number of anilines is 2. The van der Waals surface area contributed by atoms with Crippen molar-refractivity contribution in [2.75, 3.05) is 25.7 Å². The monoisotopic (exact) mass is 490 g/mol. The van der Waals surface area contributed by atoms with E-state index in [2.05, 4.69) is 21.9 Å². The van der Waals surface area contributed by atoms with E-state index in [-0.39, 0.29) is 11.4 Å². The Morgan fingerprint density at radius 3 is 2.69 bits per heavy atom. The number of hydrogen-bond acceptors (Lipinski definition) is 7. The molecule has 9 heteroatoms. The van der Waals surface area contributed by atoms with Gasteiger partial charge in [0.15, 0.2) is 11.6 Å². The summed E-state index contributed by atoms with van der Waals surface area (Å²) >= 11 is 0. The number of methoxy groups -OCH3 is 2. The van der Waals surface area contributed by atoms with Crippen molar-refractivity contribution in [2.24, 2.45) is 7.05 Å². The summed E-state index contributed by atoms with van der Waals surface area (Å²) in [6.45, 7) is 7.69. The molecule has 1 N–H and O–H groups in total. The quantitative estimate of drug-likeness (QED) is 0.439. The number of hydrogen-bond donors (Lipinski definition) is 1. The molecule has 2 heterocycles. The number of ether oxygens (including phenoxy) is 2. The largest absolute Gasteiger partial charge is 0.497 e. The van der Waals surface area contributed by atoms with Crippen LogP contribution in [0.3, 0.4) is 0 Å². The van der Waals surface area contributed by atoms with E-state index in [0.29, 0.717) is 29.6 Å². The third-order valence-electron chi connectivity index (χ3n) is 5.17. The summed E-state index contributed by atoms with van der Waals surface area (Å²) in [6.07, 6.45) is 10.6. The average molecular weight is 491 g/mol. The first-order valence-corrected chi connectivity index (χ1v) is 11.2. The number of benzene rings is 1. The molecule has 0 aliphatic carbocycles. The van der Waals surface area contributed by atoms with Gasteiger partial charge >= 0.3 is 0 Å². The number of rotatable bonds is 9. The van der Waals surface area contributed by atoms with Gasteiger partial charge in [0.1, 0.15) is 17.4 Å². The second-order valence-corrected chi connectivity index (χ2v) is 7.98. The van der Waals surface area contributed by atoms with E-state index >= 15 is 4.39 Å². The molecule has 0 saturated carbocycles. The second-order valence-electron chi connectivity index (χ2n) is 7.98. The highest BCUT2D eigenvalue weighted by Gasteiger charge is 2.20. The third-order valence-corrected chi connectivity index (χ3v) is 5.17. The number of aryl methyl sites for hydroxylation is 2. The van der Waals surface area contributed by atoms with Crippen LogP contribution in [0.1, 0.15) is 12.7 Å². The van der Waals surface area contributed by atoms with Gasteiger partial charge < -0.3 is 24.3 Å². The van der Waals surface area contributed by atoms with Crippen LogP contribution < -0.4 is 19.7 Å². The van der Waals surface area contributed by atoms with Crippen molar-refractivity contribution >= 4 is 11.5 Å². The fourth-order valence-electron chi connectivity index (χ4n) is 3.48. The minimum Gasteiger partial charge on any atom is -0.497 e. The Balaban J connectivity index is 2.24. The lowest BCUT2D eigenvalue weighted by Gasteiger charge is -2.25. The Labute approximate surface area is 211 Å². The Kier molecular flexibility index (Phi) is 8.99. The molecular weight excluding hydrogens is 459 g/mol. The van der Waals surface area contributed by atoms with E-state index in [1.807, 2.05) is 37.0 Å². The lowest BCUT2D eigenvalue weighted by Crippen LogP contribution is -2.22. The van der Waals surface area contributed by atoms with Crippen LogP contribution in [-0.4, -0.2) is 40.3 Å². The number of nitrogens with zero attached hydrogens (tertiary/aromatic N) is 5. The number of nitrogens with one attached hydrogen (secondary N) is 1. The zero-order valence-corrected chi connectivity index (χ0v) is 21.2. The molecular formula is C27H31FN6O2. The molecule has 3 rings (SSSR count). The third kappa shape index (κ3) is 6.59. The predicted molar refractivity (Wildman–Crippen MR) is 140 cm³/mol. The molecule has 0 fully saturated rings. The van der Waals surface area contributed by atoms with E-state index < -0.39 is 5.82 Å². The topological polar surface area (TPSA) is 77.3 Å². The SMILES string of the molecule is C=CN/C=C(\C)CN(c1cccncc(-c2ccn(C)c2)nc(C)n1)c1cc(OC)cc(OC)c1F. The smallest absolute Gasteiger partial charge is 0.188 e. The van der Waals surface area contributed by atoms with Crippen molar-refractivity contribution < 1.29 is 13.9 Å². The van der Waals surface area contributed by atoms with Crippen LogP contribution in [0.2, 0.25) is 0 Å².